The number of halogens is 1. The van der Waals surface area contributed by atoms with Crippen molar-refractivity contribution in [1.82, 2.24) is 0 Å². The maximum atomic E-state index is 13.4. The monoisotopic (exact) mass is 322 g/mol. The van der Waals surface area contributed by atoms with Gasteiger partial charge in [-0.2, -0.15) is 0 Å². The van der Waals surface area contributed by atoms with E-state index in [4.69, 9.17) is 4.74 Å². The SMILES string of the molecule is Cc1cc(F)ccc1-c1cc(O)cc(OCc2ccccc2)c1C. The quantitative estimate of drug-likeness (QED) is 0.697. The van der Waals surface area contributed by atoms with E-state index in [-0.39, 0.29) is 11.6 Å². The molecule has 0 aromatic heterocycles. The lowest BCUT2D eigenvalue weighted by Gasteiger charge is -2.15. The summed E-state index contributed by atoms with van der Waals surface area (Å²) in [6.07, 6.45) is 0. The van der Waals surface area contributed by atoms with Gasteiger partial charge < -0.3 is 9.84 Å². The molecule has 0 aliphatic heterocycles. The summed E-state index contributed by atoms with van der Waals surface area (Å²) in [7, 11) is 0. The summed E-state index contributed by atoms with van der Waals surface area (Å²) in [5, 5.41) is 10.1. The molecule has 3 aromatic carbocycles. The standard InChI is InChI=1S/C21H19FO2/c1-14-10-17(22)8-9-19(14)20-11-18(23)12-21(15(20)2)24-13-16-6-4-3-5-7-16/h3-12,23H,13H2,1-2H3. The lowest BCUT2D eigenvalue weighted by Crippen LogP contribution is -1.98. The third kappa shape index (κ3) is 3.40. The average Bonchev–Trinajstić information content (AvgIpc) is 2.56. The molecule has 0 aliphatic rings. The Morgan fingerprint density at radius 1 is 0.917 bits per heavy atom. The largest absolute Gasteiger partial charge is 0.508 e. The number of hydrogen-bond acceptors (Lipinski definition) is 2. The molecule has 0 saturated carbocycles. The summed E-state index contributed by atoms with van der Waals surface area (Å²) in [4.78, 5) is 0. The number of aryl methyl sites for hydroxylation is 1. The van der Waals surface area contributed by atoms with Crippen molar-refractivity contribution >= 4 is 0 Å². The second-order valence-electron chi connectivity index (χ2n) is 5.85. The van der Waals surface area contributed by atoms with Crippen LogP contribution in [-0.2, 0) is 6.61 Å². The molecule has 0 unspecified atom stereocenters. The van der Waals surface area contributed by atoms with Gasteiger partial charge >= 0.3 is 0 Å². The molecule has 0 saturated heterocycles. The molecular weight excluding hydrogens is 303 g/mol. The molecule has 0 atom stereocenters. The van der Waals surface area contributed by atoms with Crippen LogP contribution >= 0.6 is 0 Å². The van der Waals surface area contributed by atoms with Crippen molar-refractivity contribution in [3.8, 4) is 22.6 Å². The molecule has 0 spiro atoms. The van der Waals surface area contributed by atoms with Crippen LogP contribution in [0.25, 0.3) is 11.1 Å². The molecule has 3 rings (SSSR count). The molecule has 0 amide bonds. The topological polar surface area (TPSA) is 29.5 Å². The lowest BCUT2D eigenvalue weighted by atomic mass is 9.95. The number of phenols is 1. The van der Waals surface area contributed by atoms with Crippen molar-refractivity contribution < 1.29 is 14.2 Å². The van der Waals surface area contributed by atoms with Crippen molar-refractivity contribution in [3.05, 3.63) is 83.2 Å². The molecular formula is C21H19FO2. The lowest BCUT2D eigenvalue weighted by molar-refractivity contribution is 0.302. The molecule has 3 aromatic rings. The highest BCUT2D eigenvalue weighted by Gasteiger charge is 2.12. The molecule has 0 fully saturated rings. The number of hydrogen-bond donors (Lipinski definition) is 1. The Morgan fingerprint density at radius 3 is 2.38 bits per heavy atom. The Hall–Kier alpha value is -2.81. The Balaban J connectivity index is 1.95. The van der Waals surface area contributed by atoms with Gasteiger partial charge in [0.2, 0.25) is 0 Å². The van der Waals surface area contributed by atoms with E-state index in [9.17, 15) is 9.50 Å². The number of rotatable bonds is 4. The van der Waals surface area contributed by atoms with Crippen LogP contribution in [0.2, 0.25) is 0 Å². The molecule has 24 heavy (non-hydrogen) atoms. The Kier molecular flexibility index (Phi) is 4.52. The van der Waals surface area contributed by atoms with Crippen LogP contribution in [0.15, 0.2) is 60.7 Å². The first-order valence-corrected chi connectivity index (χ1v) is 7.81. The van der Waals surface area contributed by atoms with Crippen LogP contribution in [0.5, 0.6) is 11.5 Å². The van der Waals surface area contributed by atoms with Gasteiger partial charge in [-0.3, -0.25) is 0 Å². The van der Waals surface area contributed by atoms with E-state index in [1.807, 2.05) is 44.2 Å². The van der Waals surface area contributed by atoms with Gasteiger partial charge in [0.25, 0.3) is 0 Å². The predicted molar refractivity (Wildman–Crippen MR) is 93.7 cm³/mol. The number of benzene rings is 3. The summed E-state index contributed by atoms with van der Waals surface area (Å²) >= 11 is 0. The van der Waals surface area contributed by atoms with E-state index < -0.39 is 0 Å². The summed E-state index contributed by atoms with van der Waals surface area (Å²) in [5.74, 6) is 0.481. The molecule has 1 N–H and O–H groups in total. The summed E-state index contributed by atoms with van der Waals surface area (Å²) in [6, 6.07) is 17.8. The Labute approximate surface area is 141 Å². The van der Waals surface area contributed by atoms with E-state index in [2.05, 4.69) is 0 Å². The van der Waals surface area contributed by atoms with Gasteiger partial charge in [0.05, 0.1) is 0 Å². The summed E-state index contributed by atoms with van der Waals surface area (Å²) in [5.41, 5.74) is 4.51. The minimum Gasteiger partial charge on any atom is -0.508 e. The highest BCUT2D eigenvalue weighted by molar-refractivity contribution is 5.74. The summed E-state index contributed by atoms with van der Waals surface area (Å²) in [6.45, 7) is 4.22. The number of aromatic hydroxyl groups is 1. The number of phenolic OH excluding ortho intramolecular Hbond substituents is 1. The van der Waals surface area contributed by atoms with Crippen LogP contribution in [0, 0.1) is 19.7 Å². The normalized spacial score (nSPS) is 10.6. The van der Waals surface area contributed by atoms with Crippen LogP contribution in [0.3, 0.4) is 0 Å². The minimum absolute atomic E-state index is 0.127. The van der Waals surface area contributed by atoms with Gasteiger partial charge in [-0.05, 0) is 59.9 Å². The Bertz CT molecular complexity index is 857. The smallest absolute Gasteiger partial charge is 0.127 e. The van der Waals surface area contributed by atoms with Crippen molar-refractivity contribution in [1.29, 1.82) is 0 Å². The third-order valence-corrected chi connectivity index (χ3v) is 4.06. The van der Waals surface area contributed by atoms with E-state index in [0.717, 1.165) is 27.8 Å². The van der Waals surface area contributed by atoms with Gasteiger partial charge in [-0.15, -0.1) is 0 Å². The van der Waals surface area contributed by atoms with E-state index in [1.54, 1.807) is 18.2 Å². The Morgan fingerprint density at radius 2 is 1.67 bits per heavy atom. The fourth-order valence-corrected chi connectivity index (χ4v) is 2.77. The second kappa shape index (κ2) is 6.75. The third-order valence-electron chi connectivity index (χ3n) is 4.06. The van der Waals surface area contributed by atoms with Gasteiger partial charge in [0, 0.05) is 6.07 Å². The van der Waals surface area contributed by atoms with Gasteiger partial charge in [0.15, 0.2) is 0 Å². The fraction of sp³-hybridized carbons (Fsp3) is 0.143. The fourth-order valence-electron chi connectivity index (χ4n) is 2.77. The zero-order chi connectivity index (χ0) is 17.1. The van der Waals surface area contributed by atoms with E-state index >= 15 is 0 Å². The van der Waals surface area contributed by atoms with Crippen LogP contribution in [0.4, 0.5) is 4.39 Å². The minimum atomic E-state index is -0.269. The molecule has 122 valence electrons. The second-order valence-corrected chi connectivity index (χ2v) is 5.85. The molecule has 0 bridgehead atoms. The van der Waals surface area contributed by atoms with Gasteiger partial charge in [-0.25, -0.2) is 4.39 Å². The molecule has 2 nitrogen and oxygen atoms in total. The first-order valence-electron chi connectivity index (χ1n) is 7.81. The van der Waals surface area contributed by atoms with Crippen LogP contribution in [-0.4, -0.2) is 5.11 Å². The zero-order valence-electron chi connectivity index (χ0n) is 13.7. The van der Waals surface area contributed by atoms with Gasteiger partial charge in [-0.1, -0.05) is 36.4 Å². The zero-order valence-corrected chi connectivity index (χ0v) is 13.7. The summed E-state index contributed by atoms with van der Waals surface area (Å²) < 4.78 is 19.3. The van der Waals surface area contributed by atoms with Crippen molar-refractivity contribution in [2.75, 3.05) is 0 Å². The van der Waals surface area contributed by atoms with Crippen molar-refractivity contribution in [2.45, 2.75) is 20.5 Å². The van der Waals surface area contributed by atoms with Crippen LogP contribution in [0.1, 0.15) is 16.7 Å². The van der Waals surface area contributed by atoms with E-state index in [0.29, 0.717) is 12.4 Å². The average molecular weight is 322 g/mol. The molecule has 3 heteroatoms. The number of ether oxygens (including phenoxy) is 1. The maximum absolute atomic E-state index is 13.4. The molecule has 0 heterocycles. The van der Waals surface area contributed by atoms with E-state index in [1.165, 1.54) is 12.1 Å². The van der Waals surface area contributed by atoms with Crippen molar-refractivity contribution in [3.63, 3.8) is 0 Å². The first kappa shape index (κ1) is 16.1. The first-order chi connectivity index (χ1) is 11.5. The predicted octanol–water partition coefficient (Wildman–Crippen LogP) is 5.39. The van der Waals surface area contributed by atoms with Crippen molar-refractivity contribution in [2.24, 2.45) is 0 Å². The highest BCUT2D eigenvalue weighted by Crippen LogP contribution is 2.36. The molecule has 0 aliphatic carbocycles. The molecule has 0 radical (unpaired) electrons. The van der Waals surface area contributed by atoms with Gasteiger partial charge in [0.1, 0.15) is 23.9 Å². The highest BCUT2D eigenvalue weighted by atomic mass is 19.1. The maximum Gasteiger partial charge on any atom is 0.127 e. The van der Waals surface area contributed by atoms with Crippen LogP contribution < -0.4 is 4.74 Å².